The number of H-pyrrole nitrogens is 3. The van der Waals surface area contributed by atoms with Crippen molar-refractivity contribution in [3.05, 3.63) is 74.0 Å². The molecule has 16 rings (SSSR count). The van der Waals surface area contributed by atoms with Crippen LogP contribution in [0.25, 0.3) is 94.5 Å². The van der Waals surface area contributed by atoms with Crippen LogP contribution in [0.15, 0.2) is 74.0 Å². The van der Waals surface area contributed by atoms with Gasteiger partial charge in [0.25, 0.3) is 0 Å². The van der Waals surface area contributed by atoms with Gasteiger partial charge in [-0.2, -0.15) is 15.3 Å². The van der Waals surface area contributed by atoms with E-state index in [1.165, 1.54) is 98.6 Å². The molecule has 12 aromatic heterocycles. The molecule has 0 radical (unpaired) electrons. The van der Waals surface area contributed by atoms with Crippen molar-refractivity contribution in [2.24, 2.45) is 0 Å². The summed E-state index contributed by atoms with van der Waals surface area (Å²) in [6, 6.07) is 8.12. The zero-order valence-corrected chi connectivity index (χ0v) is 57.4. The largest absolute Gasteiger partial charge is 0.506 e. The van der Waals surface area contributed by atoms with E-state index in [-0.39, 0.29) is 17.2 Å². The van der Waals surface area contributed by atoms with Gasteiger partial charge in [-0.15, -0.1) is 0 Å². The summed E-state index contributed by atoms with van der Waals surface area (Å²) < 4.78 is 0. The van der Waals surface area contributed by atoms with E-state index in [2.05, 4.69) is 117 Å². The molecule has 0 bridgehead atoms. The average Bonchev–Trinajstić information content (AvgIpc) is 1.67. The highest BCUT2D eigenvalue weighted by Gasteiger charge is 2.34. The molecule has 0 spiro atoms. The summed E-state index contributed by atoms with van der Waals surface area (Å²) >= 11 is 9.26. The van der Waals surface area contributed by atoms with Crippen LogP contribution in [0.3, 0.4) is 0 Å². The zero-order chi connectivity index (χ0) is 63.9. The smallest absolute Gasteiger partial charge is 0.188 e. The van der Waals surface area contributed by atoms with Gasteiger partial charge in [0.1, 0.15) is 49.4 Å². The summed E-state index contributed by atoms with van der Waals surface area (Å²) in [4.78, 5) is 62.1. The minimum absolute atomic E-state index is 0.106. The van der Waals surface area contributed by atoms with Crippen molar-refractivity contribution in [3.63, 3.8) is 0 Å². The third-order valence-electron chi connectivity index (χ3n) is 18.0. The molecule has 30 heteroatoms. The normalized spacial score (nSPS) is 16.5. The standard InChI is InChI=1S/C21H23N7OS2.2C21H25N7OS2/c1-27(14-4-6-28(7-5-14)15-2-3-15)21-26-20-19(31-21)25-18(30-20)17-16(29)8-12(9-22-17)13-10-23-24-11-13;1-12(2)28-6-4-15(5-7-28)27(3)21-26-20-19(31-21)25-18(30-20)17-16(29)8-13(9-22-17)14-10-23-24-11-14;1-3-6-28-7-4-15(5-8-28)27(2)21-26-20-19(31-21)25-18(30-20)17-16(29)9-13(10-22-17)14-11-23-24-12-14/h8-11,14-15,29H,2-7H2,1H3,(H,23,24);8-12,15,29H,4-7H2,1-3H3,(H,23,24);9-12,15,29H,3-8H2,1-2H3,(H,23,24). The third kappa shape index (κ3) is 13.7. The number of fused-ring (bicyclic) bond motifs is 3. The lowest BCUT2D eigenvalue weighted by Crippen LogP contribution is -2.45. The Morgan fingerprint density at radius 1 is 0.452 bits per heavy atom. The highest BCUT2D eigenvalue weighted by atomic mass is 32.1. The van der Waals surface area contributed by atoms with Crippen LogP contribution in [0.1, 0.15) is 78.6 Å². The molecule has 0 unspecified atom stereocenters. The molecule has 0 atom stereocenters. The van der Waals surface area contributed by atoms with Crippen molar-refractivity contribution in [1.29, 1.82) is 0 Å². The van der Waals surface area contributed by atoms with Gasteiger partial charge in [-0.1, -0.05) is 74.9 Å². The highest BCUT2D eigenvalue weighted by Crippen LogP contribution is 2.44. The fourth-order valence-electron chi connectivity index (χ4n) is 12.4. The second kappa shape index (κ2) is 27.3. The topological polar surface area (TPSA) is 282 Å². The number of aromatic nitrogens is 15. The summed E-state index contributed by atoms with van der Waals surface area (Å²) in [5.41, 5.74) is 6.52. The molecule has 0 aromatic carbocycles. The molecule has 24 nitrogen and oxygen atoms in total. The first-order valence-corrected chi connectivity index (χ1v) is 36.4. The van der Waals surface area contributed by atoms with Crippen LogP contribution in [0.5, 0.6) is 17.2 Å². The number of likely N-dealkylation sites (tertiary alicyclic amines) is 3. The van der Waals surface area contributed by atoms with Gasteiger partial charge >= 0.3 is 0 Å². The first kappa shape index (κ1) is 62.8. The Morgan fingerprint density at radius 2 is 0.796 bits per heavy atom. The molecule has 1 saturated carbocycles. The zero-order valence-electron chi connectivity index (χ0n) is 52.5. The van der Waals surface area contributed by atoms with E-state index in [9.17, 15) is 15.3 Å². The van der Waals surface area contributed by atoms with E-state index in [1.807, 2.05) is 0 Å². The van der Waals surface area contributed by atoms with Crippen molar-refractivity contribution >= 4 is 112 Å². The molecule has 484 valence electrons. The number of hydrogen-bond acceptors (Lipinski definition) is 27. The Labute approximate surface area is 561 Å². The van der Waals surface area contributed by atoms with E-state index in [1.54, 1.807) is 108 Å². The number of hydrogen-bond donors (Lipinski definition) is 6. The number of pyridine rings is 3. The summed E-state index contributed by atoms with van der Waals surface area (Å²) in [7, 11) is 6.44. The predicted octanol–water partition coefficient (Wildman–Crippen LogP) is 12.4. The van der Waals surface area contributed by atoms with E-state index in [4.69, 9.17) is 29.9 Å². The Bertz CT molecular complexity index is 4160. The number of piperidine rings is 3. The number of thiazole rings is 6. The van der Waals surface area contributed by atoms with Gasteiger partial charge in [0.2, 0.25) is 0 Å². The molecule has 3 saturated heterocycles. The third-order valence-corrected chi connectivity index (χ3v) is 24.4. The number of aromatic amines is 3. The van der Waals surface area contributed by atoms with Gasteiger partial charge in [0.15, 0.2) is 44.4 Å². The number of nitrogens with zero attached hydrogens (tertiary/aromatic N) is 18. The Hall–Kier alpha value is -7.68. The molecule has 12 aromatic rings. The quantitative estimate of drug-likeness (QED) is 0.0524. The van der Waals surface area contributed by atoms with Gasteiger partial charge in [-0.3, -0.25) is 15.3 Å². The van der Waals surface area contributed by atoms with Crippen molar-refractivity contribution < 1.29 is 15.3 Å². The number of anilines is 3. The second-order valence-electron chi connectivity index (χ2n) is 24.4. The van der Waals surface area contributed by atoms with Gasteiger partial charge in [0, 0.05) is 161 Å². The fourth-order valence-corrected chi connectivity index (χ4v) is 18.6. The molecular formula is C63H73N21O3S6. The van der Waals surface area contributed by atoms with Crippen LogP contribution in [-0.2, 0) is 0 Å². The average molecular weight is 1360 g/mol. The highest BCUT2D eigenvalue weighted by molar-refractivity contribution is 7.31. The van der Waals surface area contributed by atoms with Crippen LogP contribution >= 0.6 is 68.0 Å². The van der Waals surface area contributed by atoms with Crippen molar-refractivity contribution in [3.8, 4) is 82.7 Å². The van der Waals surface area contributed by atoms with Crippen LogP contribution in [0.2, 0.25) is 0 Å². The molecule has 93 heavy (non-hydrogen) atoms. The Morgan fingerprint density at radius 3 is 1.10 bits per heavy atom. The predicted molar refractivity (Wildman–Crippen MR) is 376 cm³/mol. The first-order valence-electron chi connectivity index (χ1n) is 31.5. The molecule has 15 heterocycles. The van der Waals surface area contributed by atoms with Crippen LogP contribution in [-0.4, -0.2) is 203 Å². The van der Waals surface area contributed by atoms with Crippen molar-refractivity contribution in [2.75, 3.05) is 81.7 Å². The molecular weight excluding hydrogens is 1290 g/mol. The monoisotopic (exact) mass is 1360 g/mol. The summed E-state index contributed by atoms with van der Waals surface area (Å²) in [5.74, 6) is 0.325. The van der Waals surface area contributed by atoms with Gasteiger partial charge < -0.3 is 44.7 Å². The fraction of sp³-hybridized carbons (Fsp3) is 0.429. The van der Waals surface area contributed by atoms with Crippen LogP contribution in [0, 0.1) is 0 Å². The minimum Gasteiger partial charge on any atom is -0.506 e. The summed E-state index contributed by atoms with van der Waals surface area (Å²) in [5, 5.41) is 56.8. The maximum Gasteiger partial charge on any atom is 0.188 e. The second-order valence-corrected chi connectivity index (χ2v) is 30.2. The lowest BCUT2D eigenvalue weighted by atomic mass is 10.0. The molecule has 1 aliphatic carbocycles. The number of aromatic hydroxyl groups is 3. The van der Waals surface area contributed by atoms with Gasteiger partial charge in [-0.25, -0.2) is 44.9 Å². The molecule has 4 aliphatic rings. The summed E-state index contributed by atoms with van der Waals surface area (Å²) in [6.45, 7) is 14.9. The molecule has 4 fully saturated rings. The lowest BCUT2D eigenvalue weighted by molar-refractivity contribution is 0.171. The first-order chi connectivity index (χ1) is 45.3. The maximum atomic E-state index is 10.5. The van der Waals surface area contributed by atoms with Gasteiger partial charge in [0.05, 0.1) is 18.6 Å². The molecule has 3 aliphatic heterocycles. The van der Waals surface area contributed by atoms with E-state index in [0.29, 0.717) is 56.3 Å². The van der Waals surface area contributed by atoms with Crippen LogP contribution in [0.4, 0.5) is 15.4 Å². The Kier molecular flexibility index (Phi) is 18.4. The minimum atomic E-state index is 0.106. The molecule has 0 amide bonds. The van der Waals surface area contributed by atoms with Crippen molar-refractivity contribution in [1.82, 2.24) is 90.1 Å². The molecule has 6 N–H and O–H groups in total. The van der Waals surface area contributed by atoms with E-state index in [0.717, 1.165) is 123 Å². The van der Waals surface area contributed by atoms with E-state index >= 15 is 0 Å². The number of rotatable bonds is 16. The SMILES string of the molecule is CC(C)N1CCC(N(C)c2nc3sc(-c4ncc(-c5cn[nH]c5)cc4O)nc3s2)CC1.CCCN1CCC(N(C)c2nc3sc(-c4ncc(-c5cn[nH]c5)cc4O)nc3s2)CC1.CN(c1nc2sc(-c3ncc(-c4cn[nH]c4)cc3O)nc2s1)C1CCN(C2CC2)CC1. The van der Waals surface area contributed by atoms with Crippen molar-refractivity contribution in [2.45, 2.75) is 109 Å². The number of nitrogens with one attached hydrogen (secondary N) is 3. The maximum absolute atomic E-state index is 10.5. The summed E-state index contributed by atoms with van der Waals surface area (Å²) in [6.07, 6.45) is 26.6. The van der Waals surface area contributed by atoms with Crippen LogP contribution < -0.4 is 14.7 Å². The van der Waals surface area contributed by atoms with E-state index < -0.39 is 0 Å². The lowest BCUT2D eigenvalue weighted by Gasteiger charge is -2.38. The van der Waals surface area contributed by atoms with Gasteiger partial charge in [-0.05, 0) is 96.4 Å². The Balaban J connectivity index is 0.000000121.